The molecule has 2 aliphatic rings. The van der Waals surface area contributed by atoms with E-state index < -0.39 is 17.5 Å². The van der Waals surface area contributed by atoms with Crippen LogP contribution < -0.4 is 4.90 Å². The zero-order valence-electron chi connectivity index (χ0n) is 13.7. The van der Waals surface area contributed by atoms with Crippen LogP contribution in [0.1, 0.15) is 32.9 Å². The van der Waals surface area contributed by atoms with Crippen molar-refractivity contribution in [2.45, 2.75) is 51.1 Å². The molecule has 0 aliphatic carbocycles. The molecule has 6 nitrogen and oxygen atoms in total. The molecule has 0 radical (unpaired) electrons. The summed E-state index contributed by atoms with van der Waals surface area (Å²) in [4.78, 5) is 23.2. The zero-order chi connectivity index (χ0) is 17.7. The van der Waals surface area contributed by atoms with Gasteiger partial charge in [0, 0.05) is 19.3 Å². The molecule has 2 bridgehead atoms. The predicted octanol–water partition coefficient (Wildman–Crippen LogP) is 2.69. The number of piperazine rings is 1. The van der Waals surface area contributed by atoms with Gasteiger partial charge >= 0.3 is 12.3 Å². The van der Waals surface area contributed by atoms with Gasteiger partial charge in [0.15, 0.2) is 0 Å². The molecule has 24 heavy (non-hydrogen) atoms. The van der Waals surface area contributed by atoms with Crippen molar-refractivity contribution in [1.82, 2.24) is 14.9 Å². The number of carbonyl (C=O) groups is 1. The zero-order valence-corrected chi connectivity index (χ0v) is 13.7. The minimum atomic E-state index is -4.50. The van der Waals surface area contributed by atoms with Gasteiger partial charge in [0.25, 0.3) is 0 Å². The third-order valence-electron chi connectivity index (χ3n) is 4.06. The SMILES string of the molecule is CC(C)(C)OC(=O)N1CC2CC1CN2c1nccc(C(F)(F)F)n1. The normalized spacial score (nSPS) is 23.8. The van der Waals surface area contributed by atoms with Gasteiger partial charge in [-0.2, -0.15) is 13.2 Å². The molecule has 1 aromatic rings. The fourth-order valence-corrected chi connectivity index (χ4v) is 3.10. The van der Waals surface area contributed by atoms with Gasteiger partial charge in [-0.3, -0.25) is 0 Å². The van der Waals surface area contributed by atoms with Crippen molar-refractivity contribution in [3.05, 3.63) is 18.0 Å². The number of rotatable bonds is 1. The summed E-state index contributed by atoms with van der Waals surface area (Å²) in [6, 6.07) is 0.666. The molecule has 0 spiro atoms. The fraction of sp³-hybridized carbons (Fsp3) is 0.667. The number of aromatic nitrogens is 2. The third-order valence-corrected chi connectivity index (χ3v) is 4.06. The van der Waals surface area contributed by atoms with Crippen LogP contribution in [-0.4, -0.2) is 51.7 Å². The van der Waals surface area contributed by atoms with Crippen molar-refractivity contribution >= 4 is 12.0 Å². The van der Waals surface area contributed by atoms with Gasteiger partial charge < -0.3 is 14.5 Å². The molecular weight excluding hydrogens is 325 g/mol. The second-order valence-electron chi connectivity index (χ2n) is 7.07. The van der Waals surface area contributed by atoms with Crippen molar-refractivity contribution in [3.63, 3.8) is 0 Å². The number of anilines is 1. The maximum atomic E-state index is 12.8. The first kappa shape index (κ1) is 16.8. The summed E-state index contributed by atoms with van der Waals surface area (Å²) in [5.74, 6) is 0.0566. The average molecular weight is 344 g/mol. The Bertz CT molecular complexity index is 644. The highest BCUT2D eigenvalue weighted by molar-refractivity contribution is 5.70. The Morgan fingerprint density at radius 2 is 1.96 bits per heavy atom. The van der Waals surface area contributed by atoms with Gasteiger partial charge in [-0.15, -0.1) is 0 Å². The molecule has 0 saturated carbocycles. The minimum Gasteiger partial charge on any atom is -0.444 e. The lowest BCUT2D eigenvalue weighted by atomic mass is 10.2. The van der Waals surface area contributed by atoms with Crippen LogP contribution in [0.4, 0.5) is 23.9 Å². The van der Waals surface area contributed by atoms with Crippen LogP contribution in [0, 0.1) is 0 Å². The molecule has 9 heteroatoms. The first-order chi connectivity index (χ1) is 11.0. The maximum absolute atomic E-state index is 12.8. The lowest BCUT2D eigenvalue weighted by Gasteiger charge is -2.35. The van der Waals surface area contributed by atoms with Gasteiger partial charge in [0.05, 0.1) is 12.1 Å². The Kier molecular flexibility index (Phi) is 3.84. The number of fused-ring (bicyclic) bond motifs is 2. The summed E-state index contributed by atoms with van der Waals surface area (Å²) in [6.07, 6.45) is -3.10. The number of likely N-dealkylation sites (tertiary alicyclic amines) is 1. The molecule has 2 saturated heterocycles. The first-order valence-corrected chi connectivity index (χ1v) is 7.71. The number of alkyl halides is 3. The Balaban J connectivity index is 1.71. The molecule has 1 amide bonds. The molecule has 0 aromatic carbocycles. The summed E-state index contributed by atoms with van der Waals surface area (Å²) in [5.41, 5.74) is -1.54. The van der Waals surface area contributed by atoms with E-state index in [4.69, 9.17) is 4.74 Å². The maximum Gasteiger partial charge on any atom is 0.433 e. The molecule has 2 aliphatic heterocycles. The first-order valence-electron chi connectivity index (χ1n) is 7.71. The number of nitrogens with zero attached hydrogens (tertiary/aromatic N) is 4. The average Bonchev–Trinajstić information content (AvgIpc) is 3.04. The largest absolute Gasteiger partial charge is 0.444 e. The summed E-state index contributed by atoms with van der Waals surface area (Å²) >= 11 is 0. The van der Waals surface area contributed by atoms with Gasteiger partial charge in [0.1, 0.15) is 11.3 Å². The molecule has 3 heterocycles. The highest BCUT2D eigenvalue weighted by Gasteiger charge is 2.47. The molecule has 2 atom stereocenters. The molecule has 2 fully saturated rings. The Labute approximate surface area is 137 Å². The van der Waals surface area contributed by atoms with E-state index in [9.17, 15) is 18.0 Å². The van der Waals surface area contributed by atoms with Crippen molar-refractivity contribution in [1.29, 1.82) is 0 Å². The van der Waals surface area contributed by atoms with Crippen LogP contribution in [0.15, 0.2) is 12.3 Å². The van der Waals surface area contributed by atoms with Crippen LogP contribution in [0.3, 0.4) is 0 Å². The highest BCUT2D eigenvalue weighted by Crippen LogP contribution is 2.35. The lowest BCUT2D eigenvalue weighted by molar-refractivity contribution is -0.141. The van der Waals surface area contributed by atoms with Gasteiger partial charge in [-0.1, -0.05) is 0 Å². The summed E-state index contributed by atoms with van der Waals surface area (Å²) in [5, 5.41) is 0. The standard InChI is InChI=1S/C15H19F3N4O2/c1-14(2,3)24-13(23)22-8-9-6-10(22)7-21(9)12-19-5-4-11(20-12)15(16,17)18/h4-5,9-10H,6-8H2,1-3H3. The van der Waals surface area contributed by atoms with E-state index in [1.807, 2.05) is 0 Å². The minimum absolute atomic E-state index is 0.0566. The number of amides is 1. The van der Waals surface area contributed by atoms with Crippen LogP contribution in [0.2, 0.25) is 0 Å². The van der Waals surface area contributed by atoms with Crippen molar-refractivity contribution in [2.24, 2.45) is 0 Å². The van der Waals surface area contributed by atoms with E-state index >= 15 is 0 Å². The fourth-order valence-electron chi connectivity index (χ4n) is 3.10. The third kappa shape index (κ3) is 3.25. The van der Waals surface area contributed by atoms with Crippen LogP contribution in [-0.2, 0) is 10.9 Å². The van der Waals surface area contributed by atoms with Gasteiger partial charge in [-0.25, -0.2) is 14.8 Å². The lowest BCUT2D eigenvalue weighted by Crippen LogP contribution is -2.50. The second-order valence-corrected chi connectivity index (χ2v) is 7.07. The predicted molar refractivity (Wildman–Crippen MR) is 79.5 cm³/mol. The van der Waals surface area contributed by atoms with Crippen LogP contribution in [0.25, 0.3) is 0 Å². The smallest absolute Gasteiger partial charge is 0.433 e. The summed E-state index contributed by atoms with van der Waals surface area (Å²) in [7, 11) is 0. The summed E-state index contributed by atoms with van der Waals surface area (Å²) < 4.78 is 43.7. The molecule has 1 aromatic heterocycles. The second kappa shape index (κ2) is 5.49. The van der Waals surface area contributed by atoms with Crippen LogP contribution in [0.5, 0.6) is 0 Å². The van der Waals surface area contributed by atoms with Crippen molar-refractivity contribution in [2.75, 3.05) is 18.0 Å². The van der Waals surface area contributed by atoms with E-state index in [1.54, 1.807) is 30.6 Å². The topological polar surface area (TPSA) is 58.6 Å². The molecule has 3 rings (SSSR count). The molecular formula is C15H19F3N4O2. The van der Waals surface area contributed by atoms with Crippen molar-refractivity contribution < 1.29 is 22.7 Å². The summed E-state index contributed by atoms with van der Waals surface area (Å²) in [6.45, 7) is 6.19. The van der Waals surface area contributed by atoms with E-state index in [0.29, 0.717) is 19.5 Å². The van der Waals surface area contributed by atoms with E-state index in [-0.39, 0.29) is 24.1 Å². The molecule has 0 N–H and O–H groups in total. The number of hydrogen-bond donors (Lipinski definition) is 0. The van der Waals surface area contributed by atoms with Crippen molar-refractivity contribution in [3.8, 4) is 0 Å². The number of hydrogen-bond acceptors (Lipinski definition) is 5. The van der Waals surface area contributed by atoms with Gasteiger partial charge in [0.2, 0.25) is 5.95 Å². The molecule has 132 valence electrons. The number of ether oxygens (including phenoxy) is 1. The van der Waals surface area contributed by atoms with Crippen LogP contribution >= 0.6 is 0 Å². The number of carbonyl (C=O) groups excluding carboxylic acids is 1. The Hall–Kier alpha value is -2.06. The quantitative estimate of drug-likeness (QED) is 0.784. The van der Waals surface area contributed by atoms with E-state index in [2.05, 4.69) is 9.97 Å². The highest BCUT2D eigenvalue weighted by atomic mass is 19.4. The van der Waals surface area contributed by atoms with E-state index in [0.717, 1.165) is 12.3 Å². The van der Waals surface area contributed by atoms with Gasteiger partial charge in [-0.05, 0) is 33.3 Å². The number of halogens is 3. The monoisotopic (exact) mass is 344 g/mol. The molecule has 2 unspecified atom stereocenters. The Morgan fingerprint density at radius 3 is 2.50 bits per heavy atom. The van der Waals surface area contributed by atoms with E-state index in [1.165, 1.54) is 0 Å². The Morgan fingerprint density at radius 1 is 1.25 bits per heavy atom.